The van der Waals surface area contributed by atoms with Gasteiger partial charge in [0.15, 0.2) is 11.9 Å². The Morgan fingerprint density at radius 3 is 2.90 bits per heavy atom. The lowest BCUT2D eigenvalue weighted by molar-refractivity contribution is 0.210. The van der Waals surface area contributed by atoms with E-state index in [1.807, 2.05) is 32.0 Å². The number of thioether (sulfide) groups is 1. The Kier molecular flexibility index (Phi) is 3.50. The number of aryl methyl sites for hydroxylation is 1. The van der Waals surface area contributed by atoms with Gasteiger partial charge in [-0.2, -0.15) is 0 Å². The smallest absolute Gasteiger partial charge is 0.172 e. The van der Waals surface area contributed by atoms with Gasteiger partial charge in [-0.1, -0.05) is 12.1 Å². The van der Waals surface area contributed by atoms with Crippen LogP contribution in [0.4, 0.5) is 5.82 Å². The number of ether oxygens (including phenoxy) is 1. The van der Waals surface area contributed by atoms with E-state index in [1.165, 1.54) is 0 Å². The van der Waals surface area contributed by atoms with Gasteiger partial charge in [-0.25, -0.2) is 15.8 Å². The van der Waals surface area contributed by atoms with Crippen molar-refractivity contribution in [3.05, 3.63) is 41.3 Å². The molecule has 0 fully saturated rings. The zero-order valence-electron chi connectivity index (χ0n) is 11.4. The Labute approximate surface area is 121 Å². The van der Waals surface area contributed by atoms with Crippen LogP contribution in [0.2, 0.25) is 0 Å². The van der Waals surface area contributed by atoms with E-state index in [-0.39, 0.29) is 6.10 Å². The average molecular weight is 288 g/mol. The van der Waals surface area contributed by atoms with Gasteiger partial charge in [-0.3, -0.25) is 0 Å². The molecule has 0 bridgehead atoms. The maximum Gasteiger partial charge on any atom is 0.172 e. The topological polar surface area (TPSA) is 73.1 Å². The van der Waals surface area contributed by atoms with E-state index in [2.05, 4.69) is 21.5 Å². The molecule has 1 unspecified atom stereocenters. The molecule has 0 spiro atoms. The molecule has 1 aromatic heterocycles. The first kappa shape index (κ1) is 13.2. The monoisotopic (exact) mass is 288 g/mol. The van der Waals surface area contributed by atoms with Gasteiger partial charge in [0, 0.05) is 21.9 Å². The highest BCUT2D eigenvalue weighted by Crippen LogP contribution is 2.39. The van der Waals surface area contributed by atoms with Crippen molar-refractivity contribution >= 4 is 17.6 Å². The number of aromatic nitrogens is 2. The van der Waals surface area contributed by atoms with Crippen LogP contribution in [-0.2, 0) is 0 Å². The Balaban J connectivity index is 1.93. The van der Waals surface area contributed by atoms with Crippen molar-refractivity contribution in [2.24, 2.45) is 5.84 Å². The maximum atomic E-state index is 6.00. The van der Waals surface area contributed by atoms with Crippen LogP contribution in [-0.4, -0.2) is 15.7 Å². The largest absolute Gasteiger partial charge is 0.480 e. The van der Waals surface area contributed by atoms with Crippen LogP contribution >= 0.6 is 11.8 Å². The minimum atomic E-state index is -0.152. The lowest BCUT2D eigenvalue weighted by Crippen LogP contribution is -2.20. The van der Waals surface area contributed by atoms with Gasteiger partial charge in [0.05, 0.1) is 0 Å². The van der Waals surface area contributed by atoms with Crippen molar-refractivity contribution in [2.45, 2.75) is 24.8 Å². The van der Waals surface area contributed by atoms with Crippen LogP contribution in [0.3, 0.4) is 0 Å². The SMILES string of the molecule is Cc1nc(C2CSc3ccccc3O2)nc(NN)c1C. The number of fused-ring (bicyclic) bond motifs is 1. The molecule has 0 radical (unpaired) electrons. The van der Waals surface area contributed by atoms with E-state index in [1.54, 1.807) is 11.8 Å². The van der Waals surface area contributed by atoms with Crippen LogP contribution < -0.4 is 16.0 Å². The van der Waals surface area contributed by atoms with Crippen molar-refractivity contribution in [2.75, 3.05) is 11.2 Å². The molecule has 0 saturated heterocycles. The summed E-state index contributed by atoms with van der Waals surface area (Å²) in [6.07, 6.45) is -0.152. The number of nitrogen functional groups attached to an aromatic ring is 1. The number of hydrogen-bond acceptors (Lipinski definition) is 6. The van der Waals surface area contributed by atoms with Crippen LogP contribution in [0.1, 0.15) is 23.2 Å². The molecule has 20 heavy (non-hydrogen) atoms. The summed E-state index contributed by atoms with van der Waals surface area (Å²) in [6.45, 7) is 3.89. The lowest BCUT2D eigenvalue weighted by atomic mass is 10.2. The number of benzene rings is 1. The highest BCUT2D eigenvalue weighted by molar-refractivity contribution is 7.99. The van der Waals surface area contributed by atoms with Gasteiger partial charge >= 0.3 is 0 Å². The zero-order valence-corrected chi connectivity index (χ0v) is 12.2. The summed E-state index contributed by atoms with van der Waals surface area (Å²) in [5, 5.41) is 0. The van der Waals surface area contributed by atoms with Crippen LogP contribution in [0.5, 0.6) is 5.75 Å². The summed E-state index contributed by atoms with van der Waals surface area (Å²) in [5.74, 6) is 8.51. The molecule has 1 aromatic carbocycles. The summed E-state index contributed by atoms with van der Waals surface area (Å²) >= 11 is 1.76. The number of para-hydroxylation sites is 1. The van der Waals surface area contributed by atoms with Gasteiger partial charge in [0.25, 0.3) is 0 Å². The molecular weight excluding hydrogens is 272 g/mol. The summed E-state index contributed by atoms with van der Waals surface area (Å²) in [5.41, 5.74) is 4.49. The van der Waals surface area contributed by atoms with Gasteiger partial charge in [-0.05, 0) is 26.0 Å². The third kappa shape index (κ3) is 2.32. The maximum absolute atomic E-state index is 6.00. The van der Waals surface area contributed by atoms with Crippen LogP contribution in [0, 0.1) is 13.8 Å². The second-order valence-corrected chi connectivity index (χ2v) is 5.71. The number of hydrogen-bond donors (Lipinski definition) is 2. The minimum absolute atomic E-state index is 0.152. The first-order valence-corrected chi connectivity index (χ1v) is 7.38. The molecule has 0 amide bonds. The molecule has 1 aliphatic rings. The predicted molar refractivity (Wildman–Crippen MR) is 79.9 cm³/mol. The molecule has 3 N–H and O–H groups in total. The summed E-state index contributed by atoms with van der Waals surface area (Å²) in [6, 6.07) is 8.01. The number of hydrazine groups is 1. The summed E-state index contributed by atoms with van der Waals surface area (Å²) < 4.78 is 6.00. The van der Waals surface area contributed by atoms with Crippen LogP contribution in [0.15, 0.2) is 29.2 Å². The molecule has 1 aliphatic heterocycles. The predicted octanol–water partition coefficient (Wildman–Crippen LogP) is 2.60. The van der Waals surface area contributed by atoms with E-state index in [9.17, 15) is 0 Å². The van der Waals surface area contributed by atoms with Gasteiger partial charge in [-0.15, -0.1) is 11.8 Å². The first-order valence-electron chi connectivity index (χ1n) is 6.39. The Morgan fingerprint density at radius 1 is 1.30 bits per heavy atom. The summed E-state index contributed by atoms with van der Waals surface area (Å²) in [7, 11) is 0. The normalized spacial score (nSPS) is 17.2. The molecule has 2 aromatic rings. The summed E-state index contributed by atoms with van der Waals surface area (Å²) in [4.78, 5) is 10.2. The fraction of sp³-hybridized carbons (Fsp3) is 0.286. The molecular formula is C14H16N4OS. The number of anilines is 1. The zero-order chi connectivity index (χ0) is 14.1. The van der Waals surface area contributed by atoms with Gasteiger partial charge in [0.1, 0.15) is 11.6 Å². The van der Waals surface area contributed by atoms with Crippen molar-refractivity contribution in [1.29, 1.82) is 0 Å². The second kappa shape index (κ2) is 5.30. The second-order valence-electron chi connectivity index (χ2n) is 4.65. The van der Waals surface area contributed by atoms with E-state index in [0.29, 0.717) is 11.6 Å². The van der Waals surface area contributed by atoms with Crippen molar-refractivity contribution in [3.8, 4) is 5.75 Å². The Hall–Kier alpha value is -1.79. The van der Waals surface area contributed by atoms with E-state index in [4.69, 9.17) is 10.6 Å². The van der Waals surface area contributed by atoms with Crippen LogP contribution in [0.25, 0.3) is 0 Å². The number of nitrogens with two attached hydrogens (primary N) is 1. The van der Waals surface area contributed by atoms with E-state index < -0.39 is 0 Å². The molecule has 3 rings (SSSR count). The van der Waals surface area contributed by atoms with Crippen molar-refractivity contribution in [3.63, 3.8) is 0 Å². The van der Waals surface area contributed by atoms with Crippen molar-refractivity contribution in [1.82, 2.24) is 9.97 Å². The molecule has 5 nitrogen and oxygen atoms in total. The van der Waals surface area contributed by atoms with Crippen molar-refractivity contribution < 1.29 is 4.74 Å². The number of nitrogens with one attached hydrogen (secondary N) is 1. The fourth-order valence-corrected chi connectivity index (χ4v) is 3.06. The average Bonchev–Trinajstić information content (AvgIpc) is 2.49. The Bertz CT molecular complexity index is 647. The fourth-order valence-electron chi connectivity index (χ4n) is 2.08. The Morgan fingerprint density at radius 2 is 2.10 bits per heavy atom. The lowest BCUT2D eigenvalue weighted by Gasteiger charge is -2.25. The van der Waals surface area contributed by atoms with E-state index in [0.717, 1.165) is 27.7 Å². The van der Waals surface area contributed by atoms with Gasteiger partial charge < -0.3 is 10.2 Å². The molecule has 2 heterocycles. The molecule has 0 aliphatic carbocycles. The van der Waals surface area contributed by atoms with Gasteiger partial charge in [0.2, 0.25) is 0 Å². The number of nitrogens with zero attached hydrogens (tertiary/aromatic N) is 2. The molecule has 1 atom stereocenters. The third-order valence-electron chi connectivity index (χ3n) is 3.34. The standard InChI is InChI=1S/C14H16N4OS/c1-8-9(2)16-14(17-13(8)18-15)11-7-20-12-6-4-3-5-10(12)19-11/h3-6,11H,7,15H2,1-2H3,(H,16,17,18). The molecule has 0 saturated carbocycles. The highest BCUT2D eigenvalue weighted by atomic mass is 32.2. The first-order chi connectivity index (χ1) is 9.69. The molecule has 6 heteroatoms. The highest BCUT2D eigenvalue weighted by Gasteiger charge is 2.25. The quantitative estimate of drug-likeness (QED) is 0.653. The minimum Gasteiger partial charge on any atom is -0.480 e. The third-order valence-corrected chi connectivity index (χ3v) is 4.46. The number of rotatable bonds is 2. The molecule has 104 valence electrons. The van der Waals surface area contributed by atoms with E-state index >= 15 is 0 Å².